The van der Waals surface area contributed by atoms with Gasteiger partial charge in [-0.25, -0.2) is 0 Å². The normalized spacial score (nSPS) is 12.4. The van der Waals surface area contributed by atoms with E-state index in [0.29, 0.717) is 0 Å². The molecule has 1 N–H and O–H groups in total. The molecule has 0 fully saturated rings. The SMILES string of the molecule is COc1ccc(CNC(C)c2ccco2)cc1C. The van der Waals surface area contributed by atoms with Crippen LogP contribution in [0.1, 0.15) is 29.9 Å². The lowest BCUT2D eigenvalue weighted by Crippen LogP contribution is -2.17. The molecule has 2 rings (SSSR count). The summed E-state index contributed by atoms with van der Waals surface area (Å²) in [6.07, 6.45) is 1.70. The molecule has 0 aliphatic rings. The van der Waals surface area contributed by atoms with Crippen LogP contribution in [0.5, 0.6) is 5.75 Å². The number of benzene rings is 1. The summed E-state index contributed by atoms with van der Waals surface area (Å²) < 4.78 is 10.6. The second-order valence-electron chi connectivity index (χ2n) is 4.42. The zero-order valence-electron chi connectivity index (χ0n) is 11.1. The Bertz CT molecular complexity index is 491. The number of rotatable bonds is 5. The number of furan rings is 1. The Labute approximate surface area is 108 Å². The number of hydrogen-bond acceptors (Lipinski definition) is 3. The first-order valence-electron chi connectivity index (χ1n) is 6.11. The predicted molar refractivity (Wildman–Crippen MR) is 71.7 cm³/mol. The molecule has 0 radical (unpaired) electrons. The maximum absolute atomic E-state index is 5.36. The summed E-state index contributed by atoms with van der Waals surface area (Å²) in [5.41, 5.74) is 2.40. The van der Waals surface area contributed by atoms with Crippen molar-refractivity contribution in [3.8, 4) is 5.75 Å². The quantitative estimate of drug-likeness (QED) is 0.876. The van der Waals surface area contributed by atoms with E-state index >= 15 is 0 Å². The van der Waals surface area contributed by atoms with Crippen LogP contribution in [0.25, 0.3) is 0 Å². The van der Waals surface area contributed by atoms with Gasteiger partial charge >= 0.3 is 0 Å². The molecule has 0 aliphatic carbocycles. The fourth-order valence-corrected chi connectivity index (χ4v) is 1.96. The van der Waals surface area contributed by atoms with Crippen molar-refractivity contribution in [1.29, 1.82) is 0 Å². The first-order chi connectivity index (χ1) is 8.70. The van der Waals surface area contributed by atoms with Crippen LogP contribution in [-0.2, 0) is 6.54 Å². The minimum atomic E-state index is 0.211. The molecular weight excluding hydrogens is 226 g/mol. The highest BCUT2D eigenvalue weighted by Crippen LogP contribution is 2.19. The fraction of sp³-hybridized carbons (Fsp3) is 0.333. The number of aryl methyl sites for hydroxylation is 1. The molecule has 18 heavy (non-hydrogen) atoms. The number of methoxy groups -OCH3 is 1. The number of hydrogen-bond donors (Lipinski definition) is 1. The van der Waals surface area contributed by atoms with Crippen LogP contribution >= 0.6 is 0 Å². The molecule has 1 unspecified atom stereocenters. The molecule has 0 amide bonds. The summed E-state index contributed by atoms with van der Waals surface area (Å²) in [6, 6.07) is 10.3. The zero-order valence-corrected chi connectivity index (χ0v) is 11.1. The Morgan fingerprint density at radius 1 is 1.33 bits per heavy atom. The minimum absolute atomic E-state index is 0.211. The first kappa shape index (κ1) is 12.7. The summed E-state index contributed by atoms with van der Waals surface area (Å²) in [7, 11) is 1.69. The van der Waals surface area contributed by atoms with E-state index in [9.17, 15) is 0 Å². The average molecular weight is 245 g/mol. The highest BCUT2D eigenvalue weighted by atomic mass is 16.5. The largest absolute Gasteiger partial charge is 0.496 e. The van der Waals surface area contributed by atoms with Gasteiger partial charge in [0.25, 0.3) is 0 Å². The molecule has 2 aromatic rings. The van der Waals surface area contributed by atoms with Gasteiger partial charge in [0.1, 0.15) is 11.5 Å². The zero-order chi connectivity index (χ0) is 13.0. The molecular formula is C15H19NO2. The molecule has 1 atom stereocenters. The van der Waals surface area contributed by atoms with Gasteiger partial charge in [0, 0.05) is 6.54 Å². The van der Waals surface area contributed by atoms with Gasteiger partial charge in [-0.1, -0.05) is 12.1 Å². The van der Waals surface area contributed by atoms with Crippen molar-refractivity contribution >= 4 is 0 Å². The van der Waals surface area contributed by atoms with E-state index in [1.165, 1.54) is 5.56 Å². The van der Waals surface area contributed by atoms with Gasteiger partial charge in [-0.15, -0.1) is 0 Å². The van der Waals surface area contributed by atoms with Gasteiger partial charge < -0.3 is 14.5 Å². The van der Waals surface area contributed by atoms with E-state index in [-0.39, 0.29) is 6.04 Å². The van der Waals surface area contributed by atoms with Crippen LogP contribution in [0.4, 0.5) is 0 Å². The molecule has 3 heteroatoms. The van der Waals surface area contributed by atoms with E-state index in [1.807, 2.05) is 18.2 Å². The van der Waals surface area contributed by atoms with Crippen molar-refractivity contribution in [3.63, 3.8) is 0 Å². The van der Waals surface area contributed by atoms with Crippen molar-refractivity contribution in [2.75, 3.05) is 7.11 Å². The third-order valence-corrected chi connectivity index (χ3v) is 3.04. The van der Waals surface area contributed by atoms with Crippen LogP contribution < -0.4 is 10.1 Å². The fourth-order valence-electron chi connectivity index (χ4n) is 1.96. The Balaban J connectivity index is 1.96. The molecule has 0 spiro atoms. The monoisotopic (exact) mass is 245 g/mol. The molecule has 96 valence electrons. The second kappa shape index (κ2) is 5.74. The third kappa shape index (κ3) is 2.93. The van der Waals surface area contributed by atoms with Crippen molar-refractivity contribution in [2.24, 2.45) is 0 Å². The molecule has 0 saturated carbocycles. The lowest BCUT2D eigenvalue weighted by Gasteiger charge is -2.12. The van der Waals surface area contributed by atoms with Crippen LogP contribution in [0.2, 0.25) is 0 Å². The lowest BCUT2D eigenvalue weighted by molar-refractivity contribution is 0.411. The Morgan fingerprint density at radius 3 is 2.78 bits per heavy atom. The highest BCUT2D eigenvalue weighted by molar-refractivity contribution is 5.36. The maximum atomic E-state index is 5.36. The molecule has 0 saturated heterocycles. The smallest absolute Gasteiger partial charge is 0.121 e. The third-order valence-electron chi connectivity index (χ3n) is 3.04. The van der Waals surface area contributed by atoms with E-state index in [1.54, 1.807) is 13.4 Å². The van der Waals surface area contributed by atoms with E-state index in [2.05, 4.69) is 31.3 Å². The van der Waals surface area contributed by atoms with Gasteiger partial charge in [0.05, 0.1) is 19.4 Å². The summed E-state index contributed by atoms with van der Waals surface area (Å²) in [6.45, 7) is 4.96. The van der Waals surface area contributed by atoms with Crippen molar-refractivity contribution in [3.05, 3.63) is 53.5 Å². The molecule has 1 heterocycles. The summed E-state index contributed by atoms with van der Waals surface area (Å²) in [5.74, 6) is 1.89. The Kier molecular flexibility index (Phi) is 4.05. The lowest BCUT2D eigenvalue weighted by atomic mass is 10.1. The molecule has 1 aromatic heterocycles. The van der Waals surface area contributed by atoms with Crippen LogP contribution in [0.15, 0.2) is 41.0 Å². The van der Waals surface area contributed by atoms with Crippen LogP contribution in [-0.4, -0.2) is 7.11 Å². The highest BCUT2D eigenvalue weighted by Gasteiger charge is 2.07. The maximum Gasteiger partial charge on any atom is 0.121 e. The second-order valence-corrected chi connectivity index (χ2v) is 4.42. The molecule has 0 aliphatic heterocycles. The van der Waals surface area contributed by atoms with Crippen molar-refractivity contribution in [1.82, 2.24) is 5.32 Å². The van der Waals surface area contributed by atoms with Crippen LogP contribution in [0.3, 0.4) is 0 Å². The van der Waals surface area contributed by atoms with E-state index in [0.717, 1.165) is 23.6 Å². The first-order valence-corrected chi connectivity index (χ1v) is 6.11. The summed E-state index contributed by atoms with van der Waals surface area (Å²) >= 11 is 0. The predicted octanol–water partition coefficient (Wildman–Crippen LogP) is 3.45. The van der Waals surface area contributed by atoms with Gasteiger partial charge in [-0.05, 0) is 43.2 Å². The number of nitrogens with one attached hydrogen (secondary N) is 1. The van der Waals surface area contributed by atoms with Gasteiger partial charge in [-0.2, -0.15) is 0 Å². The molecule has 0 bridgehead atoms. The van der Waals surface area contributed by atoms with Crippen molar-refractivity contribution in [2.45, 2.75) is 26.4 Å². The summed E-state index contributed by atoms with van der Waals surface area (Å²) in [4.78, 5) is 0. The Morgan fingerprint density at radius 2 is 2.17 bits per heavy atom. The van der Waals surface area contributed by atoms with E-state index in [4.69, 9.17) is 9.15 Å². The van der Waals surface area contributed by atoms with Gasteiger partial charge in [0.2, 0.25) is 0 Å². The minimum Gasteiger partial charge on any atom is -0.496 e. The molecule has 3 nitrogen and oxygen atoms in total. The topological polar surface area (TPSA) is 34.4 Å². The Hall–Kier alpha value is -1.74. The average Bonchev–Trinajstić information content (AvgIpc) is 2.90. The number of ether oxygens (including phenoxy) is 1. The van der Waals surface area contributed by atoms with Gasteiger partial charge in [-0.3, -0.25) is 0 Å². The van der Waals surface area contributed by atoms with Crippen LogP contribution in [0, 0.1) is 6.92 Å². The van der Waals surface area contributed by atoms with E-state index < -0.39 is 0 Å². The van der Waals surface area contributed by atoms with Crippen molar-refractivity contribution < 1.29 is 9.15 Å². The summed E-state index contributed by atoms with van der Waals surface area (Å²) in [5, 5.41) is 3.43. The van der Waals surface area contributed by atoms with Gasteiger partial charge in [0.15, 0.2) is 0 Å². The standard InChI is InChI=1S/C15H19NO2/c1-11-9-13(6-7-14(11)17-3)10-16-12(2)15-5-4-8-18-15/h4-9,12,16H,10H2,1-3H3. The molecule has 1 aromatic carbocycles.